The van der Waals surface area contributed by atoms with Crippen LogP contribution in [-0.4, -0.2) is 11.3 Å². The zero-order valence-corrected chi connectivity index (χ0v) is 12.8. The highest BCUT2D eigenvalue weighted by molar-refractivity contribution is 7.80. The molecule has 1 amide bonds. The van der Waals surface area contributed by atoms with Crippen LogP contribution in [0.3, 0.4) is 0 Å². The molecule has 0 aliphatic heterocycles. The molecule has 5 nitrogen and oxygen atoms in total. The van der Waals surface area contributed by atoms with Crippen LogP contribution in [0.5, 0.6) is 0 Å². The van der Waals surface area contributed by atoms with Crippen molar-refractivity contribution in [2.24, 2.45) is 0 Å². The Morgan fingerprint density at radius 1 is 1.19 bits per heavy atom. The normalized spacial score (nSPS) is 10.2. The van der Waals surface area contributed by atoms with Crippen molar-refractivity contribution in [2.45, 2.75) is 4.90 Å². The van der Waals surface area contributed by atoms with Gasteiger partial charge in [0.15, 0.2) is 0 Å². The van der Waals surface area contributed by atoms with E-state index in [4.69, 9.17) is 23.2 Å². The van der Waals surface area contributed by atoms with Gasteiger partial charge < -0.3 is 0 Å². The van der Waals surface area contributed by atoms with Crippen LogP contribution in [0.1, 0.15) is 0 Å². The number of nitro benzene ring substituents is 1. The van der Waals surface area contributed by atoms with Crippen molar-refractivity contribution in [3.05, 3.63) is 56.6 Å². The lowest BCUT2D eigenvalue weighted by Crippen LogP contribution is -2.16. The summed E-state index contributed by atoms with van der Waals surface area (Å²) in [6, 6.07) is 8.90. The van der Waals surface area contributed by atoms with Crippen molar-refractivity contribution in [1.29, 1.82) is 0 Å². The number of carbonyl (C=O) groups is 1. The van der Waals surface area contributed by atoms with Gasteiger partial charge in [-0.1, -0.05) is 35.3 Å². The third kappa shape index (κ3) is 2.97. The van der Waals surface area contributed by atoms with Crippen molar-refractivity contribution in [2.75, 3.05) is 4.90 Å². The Balaban J connectivity index is 2.70. The first kappa shape index (κ1) is 15.6. The second kappa shape index (κ2) is 6.34. The molecule has 2 aromatic rings. The predicted molar refractivity (Wildman–Crippen MR) is 85.0 cm³/mol. The average molecular weight is 343 g/mol. The first-order valence-corrected chi connectivity index (χ1v) is 6.82. The Bertz CT molecular complexity index is 725. The summed E-state index contributed by atoms with van der Waals surface area (Å²) in [7, 11) is 0. The molecule has 0 unspecified atom stereocenters. The molecular weight excluding hydrogens is 335 g/mol. The molecule has 108 valence electrons. The second-order valence-corrected chi connectivity index (χ2v) is 5.22. The van der Waals surface area contributed by atoms with Gasteiger partial charge in [0.2, 0.25) is 6.41 Å². The SMILES string of the molecule is O=CN(c1ccccc1[N+](=O)[O-])c1c(S)ccc(Cl)c1Cl. The van der Waals surface area contributed by atoms with E-state index in [1.807, 2.05) is 0 Å². The fraction of sp³-hybridized carbons (Fsp3) is 0. The number of hydrogen-bond donors (Lipinski definition) is 1. The Kier molecular flexibility index (Phi) is 4.72. The molecule has 2 rings (SSSR count). The fourth-order valence-corrected chi connectivity index (χ4v) is 2.58. The van der Waals surface area contributed by atoms with Crippen LogP contribution in [0.2, 0.25) is 10.0 Å². The summed E-state index contributed by atoms with van der Waals surface area (Å²) in [5.74, 6) is 0. The number of halogens is 2. The summed E-state index contributed by atoms with van der Waals surface area (Å²) < 4.78 is 0. The molecule has 0 fully saturated rings. The first-order valence-electron chi connectivity index (χ1n) is 5.62. The number of carbonyl (C=O) groups excluding carboxylic acids is 1. The van der Waals surface area contributed by atoms with E-state index in [1.54, 1.807) is 12.1 Å². The molecule has 0 saturated heterocycles. The van der Waals surface area contributed by atoms with Crippen LogP contribution >= 0.6 is 35.8 Å². The Morgan fingerprint density at radius 2 is 1.86 bits per heavy atom. The van der Waals surface area contributed by atoms with Gasteiger partial charge >= 0.3 is 0 Å². The third-order valence-electron chi connectivity index (χ3n) is 2.73. The van der Waals surface area contributed by atoms with Gasteiger partial charge in [0.05, 0.1) is 20.7 Å². The summed E-state index contributed by atoms with van der Waals surface area (Å²) in [5, 5.41) is 11.4. The molecule has 8 heteroatoms. The van der Waals surface area contributed by atoms with E-state index in [9.17, 15) is 14.9 Å². The quantitative estimate of drug-likeness (QED) is 0.385. The summed E-state index contributed by atoms with van der Waals surface area (Å²) in [6.07, 6.45) is 0.430. The number of thiol groups is 1. The van der Waals surface area contributed by atoms with Gasteiger partial charge in [-0.25, -0.2) is 0 Å². The Labute approximate surface area is 135 Å². The van der Waals surface area contributed by atoms with Gasteiger partial charge in [-0.2, -0.15) is 0 Å². The van der Waals surface area contributed by atoms with Crippen molar-refractivity contribution >= 4 is 59.3 Å². The molecule has 0 spiro atoms. The molecule has 0 heterocycles. The number of benzene rings is 2. The van der Waals surface area contributed by atoms with E-state index in [0.29, 0.717) is 11.3 Å². The minimum atomic E-state index is -0.581. The molecule has 0 atom stereocenters. The molecule has 0 N–H and O–H groups in total. The number of rotatable bonds is 4. The van der Waals surface area contributed by atoms with Crippen molar-refractivity contribution < 1.29 is 9.72 Å². The maximum absolute atomic E-state index is 11.5. The molecule has 0 bridgehead atoms. The van der Waals surface area contributed by atoms with Gasteiger partial charge in [-0.15, -0.1) is 12.6 Å². The van der Waals surface area contributed by atoms with E-state index >= 15 is 0 Å². The van der Waals surface area contributed by atoms with Crippen molar-refractivity contribution in [3.8, 4) is 0 Å². The lowest BCUT2D eigenvalue weighted by Gasteiger charge is -2.21. The number of amides is 1. The smallest absolute Gasteiger partial charge is 0.278 e. The number of nitro groups is 1. The largest absolute Gasteiger partial charge is 0.293 e. The van der Waals surface area contributed by atoms with Crippen molar-refractivity contribution in [1.82, 2.24) is 0 Å². The highest BCUT2D eigenvalue weighted by Gasteiger charge is 2.24. The van der Waals surface area contributed by atoms with Crippen molar-refractivity contribution in [3.63, 3.8) is 0 Å². The van der Waals surface area contributed by atoms with Crippen LogP contribution < -0.4 is 4.90 Å². The maximum atomic E-state index is 11.5. The van der Waals surface area contributed by atoms with Crippen LogP contribution in [-0.2, 0) is 4.79 Å². The van der Waals surface area contributed by atoms with Gasteiger partial charge in [0.1, 0.15) is 5.69 Å². The molecular formula is C13H8Cl2N2O3S. The monoisotopic (exact) mass is 342 g/mol. The average Bonchev–Trinajstić information content (AvgIpc) is 2.47. The summed E-state index contributed by atoms with van der Waals surface area (Å²) in [6.45, 7) is 0. The number of hydrogen-bond acceptors (Lipinski definition) is 4. The molecule has 0 saturated carbocycles. The number of para-hydroxylation sites is 2. The summed E-state index contributed by atoms with van der Waals surface area (Å²) in [5.41, 5.74) is 0.0437. The highest BCUT2D eigenvalue weighted by Crippen LogP contribution is 2.42. The van der Waals surface area contributed by atoms with Gasteiger partial charge in [-0.05, 0) is 18.2 Å². The Morgan fingerprint density at radius 3 is 2.48 bits per heavy atom. The van der Waals surface area contributed by atoms with E-state index in [2.05, 4.69) is 12.6 Å². The topological polar surface area (TPSA) is 63.5 Å². The van der Waals surface area contributed by atoms with E-state index < -0.39 is 4.92 Å². The third-order valence-corrected chi connectivity index (χ3v) is 3.89. The molecule has 0 aliphatic rings. The van der Waals surface area contributed by atoms with E-state index in [0.717, 1.165) is 4.90 Å². The fourth-order valence-electron chi connectivity index (χ4n) is 1.81. The van der Waals surface area contributed by atoms with Gasteiger partial charge in [0, 0.05) is 11.0 Å². The molecule has 0 aromatic heterocycles. The molecule has 0 aliphatic carbocycles. The second-order valence-electron chi connectivity index (χ2n) is 3.95. The Hall–Kier alpha value is -1.76. The summed E-state index contributed by atoms with van der Waals surface area (Å²) >= 11 is 16.3. The highest BCUT2D eigenvalue weighted by atomic mass is 35.5. The van der Waals surface area contributed by atoms with E-state index in [-0.39, 0.29) is 27.1 Å². The molecule has 0 radical (unpaired) electrons. The standard InChI is InChI=1S/C13H8Cl2N2O3S/c14-8-5-6-11(21)13(12(8)15)16(7-18)9-3-1-2-4-10(9)17(19)20/h1-7,21H. The number of nitrogens with zero attached hydrogens (tertiary/aromatic N) is 2. The summed E-state index contributed by atoms with van der Waals surface area (Å²) in [4.78, 5) is 23.4. The lowest BCUT2D eigenvalue weighted by atomic mass is 10.2. The van der Waals surface area contributed by atoms with Gasteiger partial charge in [-0.3, -0.25) is 19.8 Å². The van der Waals surface area contributed by atoms with Crippen LogP contribution in [0.4, 0.5) is 17.1 Å². The lowest BCUT2D eigenvalue weighted by molar-refractivity contribution is -0.384. The zero-order valence-electron chi connectivity index (χ0n) is 10.4. The maximum Gasteiger partial charge on any atom is 0.293 e. The minimum Gasteiger partial charge on any atom is -0.278 e. The van der Waals surface area contributed by atoms with Gasteiger partial charge in [0.25, 0.3) is 5.69 Å². The van der Waals surface area contributed by atoms with E-state index in [1.165, 1.54) is 24.3 Å². The van der Waals surface area contributed by atoms with Crippen LogP contribution in [0, 0.1) is 10.1 Å². The van der Waals surface area contributed by atoms with Crippen LogP contribution in [0.15, 0.2) is 41.3 Å². The first-order chi connectivity index (χ1) is 9.97. The predicted octanol–water partition coefficient (Wildman–Crippen LogP) is 4.48. The number of anilines is 2. The molecule has 2 aromatic carbocycles. The minimum absolute atomic E-state index is 0.0805. The van der Waals surface area contributed by atoms with Crippen LogP contribution in [0.25, 0.3) is 0 Å². The zero-order chi connectivity index (χ0) is 15.6. The molecule has 21 heavy (non-hydrogen) atoms.